The summed E-state index contributed by atoms with van der Waals surface area (Å²) in [7, 11) is 0. The average molecular weight is 348 g/mol. The van der Waals surface area contributed by atoms with E-state index in [-0.39, 0.29) is 18.0 Å². The van der Waals surface area contributed by atoms with Crippen LogP contribution in [-0.2, 0) is 6.54 Å². The van der Waals surface area contributed by atoms with Gasteiger partial charge in [0.2, 0.25) is 0 Å². The fourth-order valence-electron chi connectivity index (χ4n) is 1.97. The second-order valence-electron chi connectivity index (χ2n) is 4.65. The standard InChI is InChI=1S/C16H14BrNO3/c1-10-7-13(17)5-6-14(10)15(19)18-9-11-3-2-4-12(8-11)16(20)21/h2-8H,9H2,1H3,(H,18,19)(H,20,21). The summed E-state index contributed by atoms with van der Waals surface area (Å²) in [5, 5.41) is 11.7. The lowest BCUT2D eigenvalue weighted by Crippen LogP contribution is -2.23. The molecule has 2 aromatic carbocycles. The molecule has 0 saturated heterocycles. The molecule has 0 fully saturated rings. The van der Waals surface area contributed by atoms with Crippen LogP contribution < -0.4 is 5.32 Å². The summed E-state index contributed by atoms with van der Waals surface area (Å²) in [6, 6.07) is 12.0. The molecule has 0 spiro atoms. The van der Waals surface area contributed by atoms with E-state index >= 15 is 0 Å². The van der Waals surface area contributed by atoms with Crippen molar-refractivity contribution in [1.29, 1.82) is 0 Å². The van der Waals surface area contributed by atoms with E-state index in [1.54, 1.807) is 24.3 Å². The Morgan fingerprint density at radius 3 is 2.62 bits per heavy atom. The third kappa shape index (κ3) is 3.92. The van der Waals surface area contributed by atoms with Crippen molar-refractivity contribution in [2.75, 3.05) is 0 Å². The van der Waals surface area contributed by atoms with E-state index in [4.69, 9.17) is 5.11 Å². The van der Waals surface area contributed by atoms with Crippen LogP contribution in [0.3, 0.4) is 0 Å². The summed E-state index contributed by atoms with van der Waals surface area (Å²) >= 11 is 3.36. The summed E-state index contributed by atoms with van der Waals surface area (Å²) in [5.74, 6) is -1.16. The normalized spacial score (nSPS) is 10.2. The third-order valence-corrected chi connectivity index (χ3v) is 3.55. The Hall–Kier alpha value is -2.14. The van der Waals surface area contributed by atoms with E-state index in [0.717, 1.165) is 15.6 Å². The minimum atomic E-state index is -0.980. The molecule has 0 heterocycles. The van der Waals surface area contributed by atoms with Crippen molar-refractivity contribution >= 4 is 27.8 Å². The number of aromatic carboxylic acids is 1. The van der Waals surface area contributed by atoms with Gasteiger partial charge in [-0.25, -0.2) is 4.79 Å². The zero-order valence-electron chi connectivity index (χ0n) is 11.4. The molecule has 21 heavy (non-hydrogen) atoms. The van der Waals surface area contributed by atoms with Gasteiger partial charge in [0.15, 0.2) is 0 Å². The van der Waals surface area contributed by atoms with Gasteiger partial charge in [0.25, 0.3) is 5.91 Å². The van der Waals surface area contributed by atoms with E-state index in [9.17, 15) is 9.59 Å². The summed E-state index contributed by atoms with van der Waals surface area (Å²) in [5.41, 5.74) is 2.44. The van der Waals surface area contributed by atoms with Crippen molar-refractivity contribution in [1.82, 2.24) is 5.32 Å². The maximum absolute atomic E-state index is 12.1. The molecule has 0 radical (unpaired) electrons. The first-order chi connectivity index (χ1) is 9.97. The number of amides is 1. The van der Waals surface area contributed by atoms with Crippen LogP contribution in [0.15, 0.2) is 46.9 Å². The number of carboxylic acid groups (broad SMARTS) is 1. The quantitative estimate of drug-likeness (QED) is 0.890. The molecular weight excluding hydrogens is 334 g/mol. The predicted octanol–water partition coefficient (Wildman–Crippen LogP) is 3.39. The van der Waals surface area contributed by atoms with Gasteiger partial charge in [-0.3, -0.25) is 4.79 Å². The number of halogens is 1. The fourth-order valence-corrected chi connectivity index (χ4v) is 2.45. The molecule has 2 aromatic rings. The minimum absolute atomic E-state index is 0.180. The topological polar surface area (TPSA) is 66.4 Å². The van der Waals surface area contributed by atoms with Gasteiger partial charge < -0.3 is 10.4 Å². The smallest absolute Gasteiger partial charge is 0.335 e. The Labute approximate surface area is 130 Å². The maximum atomic E-state index is 12.1. The summed E-state index contributed by atoms with van der Waals surface area (Å²) < 4.78 is 0.922. The molecule has 0 bridgehead atoms. The zero-order valence-corrected chi connectivity index (χ0v) is 13.0. The molecule has 2 rings (SSSR count). The monoisotopic (exact) mass is 347 g/mol. The van der Waals surface area contributed by atoms with E-state index in [0.29, 0.717) is 5.56 Å². The molecular formula is C16H14BrNO3. The van der Waals surface area contributed by atoms with Gasteiger partial charge in [-0.1, -0.05) is 28.1 Å². The number of hydrogen-bond donors (Lipinski definition) is 2. The van der Waals surface area contributed by atoms with Crippen LogP contribution in [-0.4, -0.2) is 17.0 Å². The van der Waals surface area contributed by atoms with E-state index < -0.39 is 5.97 Å². The average Bonchev–Trinajstić information content (AvgIpc) is 2.45. The van der Waals surface area contributed by atoms with Crippen molar-refractivity contribution < 1.29 is 14.7 Å². The van der Waals surface area contributed by atoms with Crippen LogP contribution in [0.2, 0.25) is 0 Å². The van der Waals surface area contributed by atoms with Crippen LogP contribution in [0, 0.1) is 6.92 Å². The molecule has 1 amide bonds. The molecule has 0 aliphatic heterocycles. The van der Waals surface area contributed by atoms with Crippen LogP contribution in [0.5, 0.6) is 0 Å². The van der Waals surface area contributed by atoms with Crippen LogP contribution in [0.1, 0.15) is 31.8 Å². The SMILES string of the molecule is Cc1cc(Br)ccc1C(=O)NCc1cccc(C(=O)O)c1. The molecule has 0 unspecified atom stereocenters. The van der Waals surface area contributed by atoms with Gasteiger partial charge in [-0.2, -0.15) is 0 Å². The zero-order chi connectivity index (χ0) is 15.4. The lowest BCUT2D eigenvalue weighted by atomic mass is 10.1. The van der Waals surface area contributed by atoms with Gasteiger partial charge in [0.1, 0.15) is 0 Å². The summed E-state index contributed by atoms with van der Waals surface area (Å²) in [6.45, 7) is 2.15. The molecule has 2 N–H and O–H groups in total. The molecule has 0 aromatic heterocycles. The number of rotatable bonds is 4. The van der Waals surface area contributed by atoms with Gasteiger partial charge in [-0.05, 0) is 48.4 Å². The molecule has 0 aliphatic rings. The Balaban J connectivity index is 2.07. The van der Waals surface area contributed by atoms with Crippen molar-refractivity contribution in [3.63, 3.8) is 0 Å². The largest absolute Gasteiger partial charge is 0.478 e. The fraction of sp³-hybridized carbons (Fsp3) is 0.125. The Bertz CT molecular complexity index is 698. The highest BCUT2D eigenvalue weighted by Crippen LogP contribution is 2.16. The summed E-state index contributed by atoms with van der Waals surface area (Å²) in [4.78, 5) is 23.0. The van der Waals surface area contributed by atoms with Gasteiger partial charge >= 0.3 is 5.97 Å². The summed E-state index contributed by atoms with van der Waals surface area (Å²) in [6.07, 6.45) is 0. The second kappa shape index (κ2) is 6.54. The van der Waals surface area contributed by atoms with Crippen molar-refractivity contribution in [2.24, 2.45) is 0 Å². The molecule has 5 heteroatoms. The van der Waals surface area contributed by atoms with Gasteiger partial charge in [0, 0.05) is 16.6 Å². The van der Waals surface area contributed by atoms with E-state index in [1.807, 2.05) is 19.1 Å². The first-order valence-corrected chi connectivity index (χ1v) is 7.13. The Morgan fingerprint density at radius 2 is 1.95 bits per heavy atom. The maximum Gasteiger partial charge on any atom is 0.335 e. The number of hydrogen-bond acceptors (Lipinski definition) is 2. The number of benzene rings is 2. The molecule has 0 atom stereocenters. The highest BCUT2D eigenvalue weighted by Gasteiger charge is 2.09. The highest BCUT2D eigenvalue weighted by atomic mass is 79.9. The van der Waals surface area contributed by atoms with Crippen LogP contribution in [0.4, 0.5) is 0 Å². The number of carboxylic acids is 1. The second-order valence-corrected chi connectivity index (χ2v) is 5.56. The minimum Gasteiger partial charge on any atom is -0.478 e. The van der Waals surface area contributed by atoms with E-state index in [2.05, 4.69) is 21.2 Å². The lowest BCUT2D eigenvalue weighted by Gasteiger charge is -2.08. The van der Waals surface area contributed by atoms with Crippen LogP contribution >= 0.6 is 15.9 Å². The van der Waals surface area contributed by atoms with E-state index in [1.165, 1.54) is 6.07 Å². The molecule has 108 valence electrons. The Kier molecular flexibility index (Phi) is 4.75. The number of carbonyl (C=O) groups is 2. The molecule has 0 aliphatic carbocycles. The van der Waals surface area contributed by atoms with Crippen molar-refractivity contribution in [2.45, 2.75) is 13.5 Å². The number of aryl methyl sites for hydroxylation is 1. The first-order valence-electron chi connectivity index (χ1n) is 6.34. The van der Waals surface area contributed by atoms with Gasteiger partial charge in [-0.15, -0.1) is 0 Å². The number of nitrogens with one attached hydrogen (secondary N) is 1. The van der Waals surface area contributed by atoms with Crippen molar-refractivity contribution in [3.05, 3.63) is 69.2 Å². The highest BCUT2D eigenvalue weighted by molar-refractivity contribution is 9.10. The Morgan fingerprint density at radius 1 is 1.19 bits per heavy atom. The predicted molar refractivity (Wildman–Crippen MR) is 83.5 cm³/mol. The van der Waals surface area contributed by atoms with Crippen LogP contribution in [0.25, 0.3) is 0 Å². The third-order valence-electron chi connectivity index (χ3n) is 3.06. The lowest BCUT2D eigenvalue weighted by molar-refractivity contribution is 0.0696. The number of carbonyl (C=O) groups excluding carboxylic acids is 1. The van der Waals surface area contributed by atoms with Gasteiger partial charge in [0.05, 0.1) is 5.56 Å². The molecule has 4 nitrogen and oxygen atoms in total. The molecule has 0 saturated carbocycles. The first kappa shape index (κ1) is 15.3. The van der Waals surface area contributed by atoms with Crippen molar-refractivity contribution in [3.8, 4) is 0 Å².